The molecule has 0 spiro atoms. The van der Waals surface area contributed by atoms with Crippen molar-refractivity contribution in [2.45, 2.75) is 6.42 Å². The Balaban J connectivity index is 2.34. The monoisotopic (exact) mass is 304 g/mol. The standard InChI is InChI=1S/C14H13BrN2O/c1-2-4-10-9-11(16)6-7-13(10)18-14-12(15)5-3-8-17-14/h2-3,5-9H,1,4,16H2. The Morgan fingerprint density at radius 3 is 2.94 bits per heavy atom. The summed E-state index contributed by atoms with van der Waals surface area (Å²) in [5, 5.41) is 0. The molecule has 1 heterocycles. The third-order valence-electron chi connectivity index (χ3n) is 2.38. The first-order chi connectivity index (χ1) is 8.70. The average molecular weight is 305 g/mol. The van der Waals surface area contributed by atoms with Crippen LogP contribution in [0.25, 0.3) is 0 Å². The van der Waals surface area contributed by atoms with E-state index < -0.39 is 0 Å². The number of pyridine rings is 1. The number of hydrogen-bond donors (Lipinski definition) is 1. The van der Waals surface area contributed by atoms with Gasteiger partial charge in [-0.05, 0) is 52.7 Å². The lowest BCUT2D eigenvalue weighted by atomic mass is 10.1. The van der Waals surface area contributed by atoms with Gasteiger partial charge in [0.05, 0.1) is 4.47 Å². The number of nitrogens with two attached hydrogens (primary N) is 1. The fraction of sp³-hybridized carbons (Fsp3) is 0.0714. The summed E-state index contributed by atoms with van der Waals surface area (Å²) in [7, 11) is 0. The van der Waals surface area contributed by atoms with Gasteiger partial charge in [0.15, 0.2) is 0 Å². The summed E-state index contributed by atoms with van der Waals surface area (Å²) in [5.74, 6) is 1.27. The van der Waals surface area contributed by atoms with E-state index in [0.29, 0.717) is 18.0 Å². The first-order valence-electron chi connectivity index (χ1n) is 5.48. The van der Waals surface area contributed by atoms with E-state index in [0.717, 1.165) is 15.8 Å². The van der Waals surface area contributed by atoms with Gasteiger partial charge in [-0.1, -0.05) is 6.08 Å². The highest BCUT2D eigenvalue weighted by Gasteiger charge is 2.07. The number of allylic oxidation sites excluding steroid dienone is 1. The zero-order chi connectivity index (χ0) is 13.0. The summed E-state index contributed by atoms with van der Waals surface area (Å²) in [6.45, 7) is 3.73. The van der Waals surface area contributed by atoms with Crippen molar-refractivity contribution in [1.29, 1.82) is 0 Å². The number of hydrogen-bond acceptors (Lipinski definition) is 3. The topological polar surface area (TPSA) is 48.1 Å². The van der Waals surface area contributed by atoms with E-state index in [9.17, 15) is 0 Å². The van der Waals surface area contributed by atoms with Crippen molar-refractivity contribution >= 4 is 21.6 Å². The zero-order valence-corrected chi connectivity index (χ0v) is 11.4. The number of ether oxygens (including phenoxy) is 1. The summed E-state index contributed by atoms with van der Waals surface area (Å²) in [5.41, 5.74) is 7.46. The average Bonchev–Trinajstić information content (AvgIpc) is 2.35. The summed E-state index contributed by atoms with van der Waals surface area (Å²) in [6, 6.07) is 9.25. The van der Waals surface area contributed by atoms with Crippen molar-refractivity contribution in [1.82, 2.24) is 4.98 Å². The smallest absolute Gasteiger partial charge is 0.233 e. The van der Waals surface area contributed by atoms with Gasteiger partial charge in [-0.25, -0.2) is 4.98 Å². The Morgan fingerprint density at radius 1 is 1.39 bits per heavy atom. The molecule has 18 heavy (non-hydrogen) atoms. The van der Waals surface area contributed by atoms with Crippen LogP contribution in [0.1, 0.15) is 5.56 Å². The molecule has 0 atom stereocenters. The Morgan fingerprint density at radius 2 is 2.22 bits per heavy atom. The summed E-state index contributed by atoms with van der Waals surface area (Å²) in [6.07, 6.45) is 4.20. The molecule has 0 amide bonds. The molecule has 0 unspecified atom stereocenters. The normalized spacial score (nSPS) is 10.1. The second kappa shape index (κ2) is 5.69. The zero-order valence-electron chi connectivity index (χ0n) is 9.77. The molecular formula is C14H13BrN2O. The molecule has 0 fully saturated rings. The van der Waals surface area contributed by atoms with Gasteiger partial charge in [-0.3, -0.25) is 0 Å². The van der Waals surface area contributed by atoms with E-state index in [2.05, 4.69) is 27.5 Å². The highest BCUT2D eigenvalue weighted by atomic mass is 79.9. The lowest BCUT2D eigenvalue weighted by Crippen LogP contribution is -1.95. The summed E-state index contributed by atoms with van der Waals surface area (Å²) < 4.78 is 6.60. The maximum Gasteiger partial charge on any atom is 0.233 e. The molecule has 0 radical (unpaired) electrons. The number of aromatic nitrogens is 1. The van der Waals surface area contributed by atoms with Gasteiger partial charge >= 0.3 is 0 Å². The van der Waals surface area contributed by atoms with Gasteiger partial charge in [0.25, 0.3) is 0 Å². The fourth-order valence-corrected chi connectivity index (χ4v) is 1.90. The molecule has 3 nitrogen and oxygen atoms in total. The predicted molar refractivity (Wildman–Crippen MR) is 76.8 cm³/mol. The molecule has 0 saturated carbocycles. The van der Waals surface area contributed by atoms with Crippen molar-refractivity contribution in [3.05, 3.63) is 59.2 Å². The maximum atomic E-state index is 5.79. The van der Waals surface area contributed by atoms with Gasteiger partial charge in [0.1, 0.15) is 5.75 Å². The quantitative estimate of drug-likeness (QED) is 0.687. The molecule has 0 saturated heterocycles. The van der Waals surface area contributed by atoms with E-state index in [1.165, 1.54) is 0 Å². The van der Waals surface area contributed by atoms with Gasteiger partial charge < -0.3 is 10.5 Å². The van der Waals surface area contributed by atoms with Crippen LogP contribution in [0.3, 0.4) is 0 Å². The van der Waals surface area contributed by atoms with Crippen LogP contribution in [0.15, 0.2) is 53.7 Å². The first-order valence-corrected chi connectivity index (χ1v) is 6.27. The summed E-state index contributed by atoms with van der Waals surface area (Å²) in [4.78, 5) is 4.17. The lowest BCUT2D eigenvalue weighted by Gasteiger charge is -2.11. The van der Waals surface area contributed by atoms with E-state index in [1.807, 2.05) is 30.3 Å². The number of halogens is 1. The van der Waals surface area contributed by atoms with Gasteiger partial charge in [0.2, 0.25) is 5.88 Å². The Hall–Kier alpha value is -1.81. The minimum absolute atomic E-state index is 0.535. The molecule has 0 aliphatic carbocycles. The SMILES string of the molecule is C=CCc1cc(N)ccc1Oc1ncccc1Br. The molecular weight excluding hydrogens is 292 g/mol. The van der Waals surface area contributed by atoms with Gasteiger partial charge in [0, 0.05) is 17.4 Å². The summed E-state index contributed by atoms with van der Waals surface area (Å²) >= 11 is 3.40. The molecule has 92 valence electrons. The van der Waals surface area contributed by atoms with Crippen LogP contribution in [-0.2, 0) is 6.42 Å². The van der Waals surface area contributed by atoms with E-state index in [1.54, 1.807) is 12.3 Å². The minimum atomic E-state index is 0.535. The lowest BCUT2D eigenvalue weighted by molar-refractivity contribution is 0.455. The Kier molecular flexibility index (Phi) is 3.99. The van der Waals surface area contributed by atoms with Crippen LogP contribution in [0.5, 0.6) is 11.6 Å². The molecule has 0 aliphatic rings. The molecule has 0 aliphatic heterocycles. The highest BCUT2D eigenvalue weighted by molar-refractivity contribution is 9.10. The third-order valence-corrected chi connectivity index (χ3v) is 2.98. The molecule has 1 aromatic carbocycles. The third kappa shape index (κ3) is 2.90. The molecule has 0 bridgehead atoms. The largest absolute Gasteiger partial charge is 0.438 e. The number of benzene rings is 1. The number of nitrogen functional groups attached to an aromatic ring is 1. The van der Waals surface area contributed by atoms with Crippen LogP contribution in [0.2, 0.25) is 0 Å². The van der Waals surface area contributed by atoms with Gasteiger partial charge in [-0.15, -0.1) is 6.58 Å². The predicted octanol–water partition coefficient (Wildman–Crippen LogP) is 3.95. The van der Waals surface area contributed by atoms with E-state index >= 15 is 0 Å². The van der Waals surface area contributed by atoms with E-state index in [-0.39, 0.29) is 0 Å². The molecule has 4 heteroatoms. The maximum absolute atomic E-state index is 5.79. The molecule has 2 rings (SSSR count). The van der Waals surface area contributed by atoms with Crippen molar-refractivity contribution in [3.8, 4) is 11.6 Å². The van der Waals surface area contributed by atoms with E-state index in [4.69, 9.17) is 10.5 Å². The van der Waals surface area contributed by atoms with Crippen LogP contribution in [0.4, 0.5) is 5.69 Å². The van der Waals surface area contributed by atoms with Crippen LogP contribution < -0.4 is 10.5 Å². The minimum Gasteiger partial charge on any atom is -0.438 e. The Labute approximate surface area is 114 Å². The van der Waals surface area contributed by atoms with Crippen LogP contribution in [0, 0.1) is 0 Å². The highest BCUT2D eigenvalue weighted by Crippen LogP contribution is 2.30. The van der Waals surface area contributed by atoms with Gasteiger partial charge in [-0.2, -0.15) is 0 Å². The number of rotatable bonds is 4. The van der Waals surface area contributed by atoms with Crippen molar-refractivity contribution in [2.24, 2.45) is 0 Å². The molecule has 1 aromatic heterocycles. The first kappa shape index (κ1) is 12.6. The second-order valence-corrected chi connectivity index (χ2v) is 4.61. The Bertz CT molecular complexity index is 569. The molecule has 2 aromatic rings. The molecule has 2 N–H and O–H groups in total. The van der Waals surface area contributed by atoms with Crippen LogP contribution >= 0.6 is 15.9 Å². The van der Waals surface area contributed by atoms with Crippen molar-refractivity contribution in [2.75, 3.05) is 5.73 Å². The number of nitrogens with zero attached hydrogens (tertiary/aromatic N) is 1. The van der Waals surface area contributed by atoms with Crippen LogP contribution in [-0.4, -0.2) is 4.98 Å². The fourth-order valence-electron chi connectivity index (χ4n) is 1.56. The van der Waals surface area contributed by atoms with Crippen molar-refractivity contribution < 1.29 is 4.74 Å². The number of anilines is 1. The van der Waals surface area contributed by atoms with Crippen molar-refractivity contribution in [3.63, 3.8) is 0 Å². The second-order valence-electron chi connectivity index (χ2n) is 3.75.